The molecule has 3 nitrogen and oxygen atoms in total. The smallest absolute Gasteiger partial charge is 0.298 e. The largest absolute Gasteiger partial charge is 0.423 e. The Labute approximate surface area is 131 Å². The van der Waals surface area contributed by atoms with Crippen molar-refractivity contribution in [3.8, 4) is 0 Å². The summed E-state index contributed by atoms with van der Waals surface area (Å²) in [4.78, 5) is 6.89. The maximum atomic E-state index is 5.95. The SMILES string of the molecule is CCCCCN(Cc1ccccc1)c1nc2ccccc2o1. The molecule has 0 amide bonds. The van der Waals surface area contributed by atoms with Gasteiger partial charge in [-0.25, -0.2) is 0 Å². The van der Waals surface area contributed by atoms with Gasteiger partial charge in [-0.2, -0.15) is 4.98 Å². The molecule has 0 aliphatic heterocycles. The number of hydrogen-bond donors (Lipinski definition) is 0. The third kappa shape index (κ3) is 3.48. The van der Waals surface area contributed by atoms with Gasteiger partial charge in [0.1, 0.15) is 5.52 Å². The van der Waals surface area contributed by atoms with Crippen molar-refractivity contribution in [2.24, 2.45) is 0 Å². The minimum absolute atomic E-state index is 0.723. The first kappa shape index (κ1) is 14.6. The molecule has 1 aromatic heterocycles. The molecule has 3 heteroatoms. The average Bonchev–Trinajstić information content (AvgIpc) is 2.99. The van der Waals surface area contributed by atoms with Gasteiger partial charge in [-0.15, -0.1) is 0 Å². The molecule has 0 atom stereocenters. The van der Waals surface area contributed by atoms with Crippen LogP contribution in [-0.4, -0.2) is 11.5 Å². The highest BCUT2D eigenvalue weighted by Crippen LogP contribution is 2.23. The summed E-state index contributed by atoms with van der Waals surface area (Å²) in [6.45, 7) is 4.02. The second kappa shape index (κ2) is 7.12. The molecule has 0 unspecified atom stereocenters. The molecule has 0 saturated carbocycles. The fourth-order valence-electron chi connectivity index (χ4n) is 2.59. The van der Waals surface area contributed by atoms with E-state index in [1.807, 2.05) is 30.3 Å². The van der Waals surface area contributed by atoms with E-state index in [1.165, 1.54) is 18.4 Å². The Morgan fingerprint density at radius 1 is 0.955 bits per heavy atom. The van der Waals surface area contributed by atoms with Gasteiger partial charge in [0.05, 0.1) is 0 Å². The van der Waals surface area contributed by atoms with E-state index in [1.54, 1.807) is 0 Å². The van der Waals surface area contributed by atoms with Crippen LogP contribution in [0.5, 0.6) is 0 Å². The molecule has 0 N–H and O–H groups in total. The van der Waals surface area contributed by atoms with E-state index in [0.29, 0.717) is 0 Å². The zero-order chi connectivity index (χ0) is 15.2. The van der Waals surface area contributed by atoms with Crippen molar-refractivity contribution in [1.29, 1.82) is 0 Å². The lowest BCUT2D eigenvalue weighted by atomic mass is 10.2. The van der Waals surface area contributed by atoms with E-state index in [2.05, 4.69) is 41.1 Å². The van der Waals surface area contributed by atoms with E-state index >= 15 is 0 Å². The fraction of sp³-hybridized carbons (Fsp3) is 0.316. The third-order valence-electron chi connectivity index (χ3n) is 3.80. The molecule has 2 aromatic carbocycles. The minimum atomic E-state index is 0.723. The summed E-state index contributed by atoms with van der Waals surface area (Å²) in [6, 6.07) is 19.2. The van der Waals surface area contributed by atoms with E-state index < -0.39 is 0 Å². The standard InChI is InChI=1S/C19H22N2O/c1-2-3-9-14-21(15-16-10-5-4-6-11-16)19-20-17-12-7-8-13-18(17)22-19/h4-8,10-13H,2-3,9,14-15H2,1H3. The summed E-state index contributed by atoms with van der Waals surface area (Å²) >= 11 is 0. The Hall–Kier alpha value is -2.29. The maximum Gasteiger partial charge on any atom is 0.298 e. The first-order valence-electron chi connectivity index (χ1n) is 8.01. The van der Waals surface area contributed by atoms with Gasteiger partial charge in [-0.1, -0.05) is 62.2 Å². The highest BCUT2D eigenvalue weighted by molar-refractivity contribution is 5.74. The van der Waals surface area contributed by atoms with Gasteiger partial charge in [-0.05, 0) is 24.1 Å². The van der Waals surface area contributed by atoms with Gasteiger partial charge in [0.25, 0.3) is 6.01 Å². The molecule has 0 bridgehead atoms. The number of para-hydroxylation sites is 2. The normalized spacial score (nSPS) is 11.0. The molecule has 0 fully saturated rings. The van der Waals surface area contributed by atoms with Crippen LogP contribution in [0.3, 0.4) is 0 Å². The molecular formula is C19H22N2O. The van der Waals surface area contributed by atoms with Crippen LogP contribution in [0.25, 0.3) is 11.1 Å². The fourth-order valence-corrected chi connectivity index (χ4v) is 2.59. The summed E-state index contributed by atoms with van der Waals surface area (Å²) in [5.41, 5.74) is 3.05. The molecule has 0 aliphatic rings. The first-order chi connectivity index (χ1) is 10.9. The second-order valence-corrected chi connectivity index (χ2v) is 5.58. The molecule has 22 heavy (non-hydrogen) atoms. The van der Waals surface area contributed by atoms with Crippen molar-refractivity contribution in [3.05, 3.63) is 60.2 Å². The quantitative estimate of drug-likeness (QED) is 0.573. The number of anilines is 1. The molecule has 0 saturated heterocycles. The summed E-state index contributed by atoms with van der Waals surface area (Å²) in [5, 5.41) is 0. The number of aromatic nitrogens is 1. The van der Waals surface area contributed by atoms with Gasteiger partial charge in [0.2, 0.25) is 0 Å². The summed E-state index contributed by atoms with van der Waals surface area (Å²) in [6.07, 6.45) is 3.60. The number of fused-ring (bicyclic) bond motifs is 1. The Morgan fingerprint density at radius 2 is 1.73 bits per heavy atom. The molecule has 0 spiro atoms. The van der Waals surface area contributed by atoms with E-state index in [-0.39, 0.29) is 0 Å². The Kier molecular flexibility index (Phi) is 4.74. The van der Waals surface area contributed by atoms with Gasteiger partial charge in [0.15, 0.2) is 5.58 Å². The predicted molar refractivity (Wildman–Crippen MR) is 91.0 cm³/mol. The average molecular weight is 294 g/mol. The lowest BCUT2D eigenvalue weighted by Gasteiger charge is -2.20. The first-order valence-corrected chi connectivity index (χ1v) is 8.01. The molecule has 3 aromatic rings. The molecule has 114 valence electrons. The van der Waals surface area contributed by atoms with Crippen LogP contribution in [0.15, 0.2) is 59.0 Å². The minimum Gasteiger partial charge on any atom is -0.423 e. The van der Waals surface area contributed by atoms with Crippen molar-refractivity contribution in [2.45, 2.75) is 32.7 Å². The zero-order valence-corrected chi connectivity index (χ0v) is 13.0. The van der Waals surface area contributed by atoms with Crippen molar-refractivity contribution in [2.75, 3.05) is 11.4 Å². The third-order valence-corrected chi connectivity index (χ3v) is 3.80. The summed E-state index contributed by atoms with van der Waals surface area (Å²) in [5.74, 6) is 0. The lowest BCUT2D eigenvalue weighted by Crippen LogP contribution is -2.24. The zero-order valence-electron chi connectivity index (χ0n) is 13.0. The van der Waals surface area contributed by atoms with Crippen molar-refractivity contribution < 1.29 is 4.42 Å². The number of unbranched alkanes of at least 4 members (excludes halogenated alkanes) is 2. The van der Waals surface area contributed by atoms with E-state index in [4.69, 9.17) is 4.42 Å². The molecular weight excluding hydrogens is 272 g/mol. The van der Waals surface area contributed by atoms with E-state index in [0.717, 1.165) is 36.6 Å². The number of rotatable bonds is 7. The molecule has 0 aliphatic carbocycles. The Bertz CT molecular complexity index is 673. The van der Waals surface area contributed by atoms with Crippen LogP contribution >= 0.6 is 0 Å². The lowest BCUT2D eigenvalue weighted by molar-refractivity contribution is 0.551. The van der Waals surface area contributed by atoms with Crippen LogP contribution in [0.2, 0.25) is 0 Å². The topological polar surface area (TPSA) is 29.3 Å². The van der Waals surface area contributed by atoms with Crippen LogP contribution in [-0.2, 0) is 6.54 Å². The number of benzene rings is 2. The molecule has 1 heterocycles. The Balaban J connectivity index is 1.83. The van der Waals surface area contributed by atoms with Crippen molar-refractivity contribution >= 4 is 17.1 Å². The highest BCUT2D eigenvalue weighted by Gasteiger charge is 2.14. The monoisotopic (exact) mass is 294 g/mol. The van der Waals surface area contributed by atoms with Crippen molar-refractivity contribution in [1.82, 2.24) is 4.98 Å². The maximum absolute atomic E-state index is 5.95. The van der Waals surface area contributed by atoms with Crippen LogP contribution in [0, 0.1) is 0 Å². The van der Waals surface area contributed by atoms with Crippen LogP contribution < -0.4 is 4.90 Å². The Morgan fingerprint density at radius 3 is 2.50 bits per heavy atom. The van der Waals surface area contributed by atoms with Gasteiger partial charge in [-0.3, -0.25) is 0 Å². The van der Waals surface area contributed by atoms with Crippen molar-refractivity contribution in [3.63, 3.8) is 0 Å². The summed E-state index contributed by atoms with van der Waals surface area (Å²) < 4.78 is 5.95. The number of hydrogen-bond acceptors (Lipinski definition) is 3. The van der Waals surface area contributed by atoms with Crippen LogP contribution in [0.4, 0.5) is 6.01 Å². The summed E-state index contributed by atoms with van der Waals surface area (Å²) in [7, 11) is 0. The van der Waals surface area contributed by atoms with E-state index in [9.17, 15) is 0 Å². The van der Waals surface area contributed by atoms with Crippen LogP contribution in [0.1, 0.15) is 31.7 Å². The molecule has 0 radical (unpaired) electrons. The highest BCUT2D eigenvalue weighted by atomic mass is 16.4. The van der Waals surface area contributed by atoms with Gasteiger partial charge < -0.3 is 9.32 Å². The predicted octanol–water partition coefficient (Wildman–Crippen LogP) is 5.02. The van der Waals surface area contributed by atoms with Gasteiger partial charge >= 0.3 is 0 Å². The molecule has 3 rings (SSSR count). The second-order valence-electron chi connectivity index (χ2n) is 5.58. The number of nitrogens with zero attached hydrogens (tertiary/aromatic N) is 2. The number of oxazole rings is 1. The van der Waals surface area contributed by atoms with Gasteiger partial charge in [0, 0.05) is 13.1 Å².